The van der Waals surface area contributed by atoms with Crippen LogP contribution in [-0.2, 0) is 19.4 Å². The van der Waals surface area contributed by atoms with E-state index >= 15 is 0 Å². The van der Waals surface area contributed by atoms with Gasteiger partial charge in [-0.3, -0.25) is 0 Å². The number of aryl methyl sites for hydroxylation is 1. The molecule has 0 radical (unpaired) electrons. The van der Waals surface area contributed by atoms with Gasteiger partial charge in [0.15, 0.2) is 0 Å². The summed E-state index contributed by atoms with van der Waals surface area (Å²) in [5.74, 6) is 2.66. The number of anilines is 1. The number of benzene rings is 1. The quantitative estimate of drug-likeness (QED) is 0.924. The van der Waals surface area contributed by atoms with Gasteiger partial charge in [-0.1, -0.05) is 38.1 Å². The first-order valence-electron chi connectivity index (χ1n) is 7.59. The van der Waals surface area contributed by atoms with Crippen molar-refractivity contribution in [3.05, 3.63) is 35.7 Å². The van der Waals surface area contributed by atoms with Gasteiger partial charge in [0.05, 0.1) is 0 Å². The van der Waals surface area contributed by atoms with E-state index in [2.05, 4.69) is 42.7 Å². The highest BCUT2D eigenvalue weighted by Crippen LogP contribution is 2.29. The summed E-state index contributed by atoms with van der Waals surface area (Å²) in [6.45, 7) is 5.50. The Balaban J connectivity index is 1.91. The van der Waals surface area contributed by atoms with Crippen molar-refractivity contribution < 1.29 is 0 Å². The third kappa shape index (κ3) is 2.45. The minimum Gasteiger partial charge on any atom is -0.383 e. The molecule has 0 amide bonds. The molecule has 0 spiro atoms. The van der Waals surface area contributed by atoms with Crippen LogP contribution in [0.25, 0.3) is 11.3 Å². The molecular weight excluding hydrogens is 246 g/mol. The number of nitrogens with zero attached hydrogens (tertiary/aromatic N) is 2. The predicted octanol–water partition coefficient (Wildman–Crippen LogP) is 3.67. The molecule has 0 fully saturated rings. The molecule has 106 valence electrons. The van der Waals surface area contributed by atoms with Crippen LogP contribution in [-0.4, -0.2) is 9.55 Å². The van der Waals surface area contributed by atoms with E-state index in [-0.39, 0.29) is 0 Å². The fourth-order valence-electron chi connectivity index (χ4n) is 2.99. The molecule has 0 saturated carbocycles. The van der Waals surface area contributed by atoms with E-state index in [1.165, 1.54) is 18.4 Å². The van der Waals surface area contributed by atoms with Crippen molar-refractivity contribution in [2.45, 2.75) is 46.1 Å². The average molecular weight is 269 g/mol. The zero-order valence-corrected chi connectivity index (χ0v) is 12.4. The summed E-state index contributed by atoms with van der Waals surface area (Å²) in [6.07, 6.45) is 4.61. The zero-order valence-electron chi connectivity index (χ0n) is 12.4. The normalized spacial score (nSPS) is 14.6. The number of hydrogen-bond acceptors (Lipinski definition) is 2. The fourth-order valence-corrected chi connectivity index (χ4v) is 2.99. The van der Waals surface area contributed by atoms with Gasteiger partial charge in [-0.15, -0.1) is 0 Å². The molecule has 1 aliphatic heterocycles. The van der Waals surface area contributed by atoms with Crippen molar-refractivity contribution in [2.75, 3.05) is 5.73 Å². The molecule has 1 aliphatic rings. The summed E-state index contributed by atoms with van der Waals surface area (Å²) in [4.78, 5) is 4.75. The predicted molar refractivity (Wildman–Crippen MR) is 83.6 cm³/mol. The SMILES string of the molecule is CC(C)Cc1ccc(-c2nc3n(c2N)CCCC3)cc1. The zero-order chi connectivity index (χ0) is 14.1. The Labute approximate surface area is 120 Å². The van der Waals surface area contributed by atoms with Crippen LogP contribution >= 0.6 is 0 Å². The first kappa shape index (κ1) is 13.2. The van der Waals surface area contributed by atoms with Crippen LogP contribution in [0.4, 0.5) is 5.82 Å². The third-order valence-corrected chi connectivity index (χ3v) is 3.99. The van der Waals surface area contributed by atoms with Gasteiger partial charge in [-0.25, -0.2) is 4.98 Å². The monoisotopic (exact) mass is 269 g/mol. The Morgan fingerprint density at radius 2 is 1.95 bits per heavy atom. The van der Waals surface area contributed by atoms with E-state index in [4.69, 9.17) is 10.7 Å². The van der Waals surface area contributed by atoms with E-state index in [0.717, 1.165) is 42.3 Å². The molecule has 0 aliphatic carbocycles. The number of nitrogens with two attached hydrogens (primary N) is 1. The van der Waals surface area contributed by atoms with Crippen LogP contribution in [0.15, 0.2) is 24.3 Å². The van der Waals surface area contributed by atoms with Crippen LogP contribution in [0, 0.1) is 5.92 Å². The van der Waals surface area contributed by atoms with Crippen molar-refractivity contribution in [1.29, 1.82) is 0 Å². The summed E-state index contributed by atoms with van der Waals surface area (Å²) >= 11 is 0. The standard InChI is InChI=1S/C17H23N3/c1-12(2)11-13-6-8-14(9-7-13)16-17(18)20-10-4-3-5-15(20)19-16/h6-9,12H,3-5,10-11,18H2,1-2H3. The van der Waals surface area contributed by atoms with E-state index < -0.39 is 0 Å². The van der Waals surface area contributed by atoms with E-state index in [1.807, 2.05) is 0 Å². The number of fused-ring (bicyclic) bond motifs is 1. The molecule has 3 nitrogen and oxygen atoms in total. The Morgan fingerprint density at radius 1 is 1.20 bits per heavy atom. The molecule has 2 heterocycles. The Morgan fingerprint density at radius 3 is 2.60 bits per heavy atom. The summed E-state index contributed by atoms with van der Waals surface area (Å²) in [5, 5.41) is 0. The Hall–Kier alpha value is -1.77. The second kappa shape index (κ2) is 5.31. The molecule has 1 aromatic carbocycles. The molecular formula is C17H23N3. The van der Waals surface area contributed by atoms with Gasteiger partial charge in [0.2, 0.25) is 0 Å². The fraction of sp³-hybridized carbons (Fsp3) is 0.471. The number of imidazole rings is 1. The minimum atomic E-state index is 0.686. The lowest BCUT2D eigenvalue weighted by molar-refractivity contribution is 0.527. The maximum absolute atomic E-state index is 6.28. The van der Waals surface area contributed by atoms with Crippen LogP contribution in [0.1, 0.15) is 38.1 Å². The molecule has 0 unspecified atom stereocenters. The number of aromatic nitrogens is 2. The first-order chi connectivity index (χ1) is 9.65. The van der Waals surface area contributed by atoms with Crippen LogP contribution in [0.2, 0.25) is 0 Å². The van der Waals surface area contributed by atoms with Gasteiger partial charge in [-0.2, -0.15) is 0 Å². The summed E-state index contributed by atoms with van der Waals surface area (Å²) < 4.78 is 2.18. The largest absolute Gasteiger partial charge is 0.383 e. The maximum atomic E-state index is 6.28. The smallest absolute Gasteiger partial charge is 0.131 e. The van der Waals surface area contributed by atoms with Crippen LogP contribution in [0.3, 0.4) is 0 Å². The molecule has 3 heteroatoms. The second-order valence-corrected chi connectivity index (χ2v) is 6.17. The average Bonchev–Trinajstić information content (AvgIpc) is 2.77. The highest BCUT2D eigenvalue weighted by Gasteiger charge is 2.18. The number of rotatable bonds is 3. The molecule has 20 heavy (non-hydrogen) atoms. The lowest BCUT2D eigenvalue weighted by atomic mass is 10.0. The molecule has 0 bridgehead atoms. The van der Waals surface area contributed by atoms with Crippen molar-refractivity contribution in [3.8, 4) is 11.3 Å². The van der Waals surface area contributed by atoms with Crippen molar-refractivity contribution >= 4 is 5.82 Å². The lowest BCUT2D eigenvalue weighted by Crippen LogP contribution is -2.12. The molecule has 3 rings (SSSR count). The summed E-state index contributed by atoms with van der Waals surface area (Å²) in [7, 11) is 0. The molecule has 1 aromatic heterocycles. The summed E-state index contributed by atoms with van der Waals surface area (Å²) in [6, 6.07) is 8.71. The first-order valence-corrected chi connectivity index (χ1v) is 7.59. The third-order valence-electron chi connectivity index (χ3n) is 3.99. The highest BCUT2D eigenvalue weighted by atomic mass is 15.1. The van der Waals surface area contributed by atoms with Crippen LogP contribution in [0.5, 0.6) is 0 Å². The van der Waals surface area contributed by atoms with Gasteiger partial charge in [-0.05, 0) is 30.7 Å². The highest BCUT2D eigenvalue weighted by molar-refractivity contribution is 5.71. The summed E-state index contributed by atoms with van der Waals surface area (Å²) in [5.41, 5.74) is 9.75. The second-order valence-electron chi connectivity index (χ2n) is 6.17. The number of hydrogen-bond donors (Lipinski definition) is 1. The Bertz CT molecular complexity index is 593. The Kier molecular flexibility index (Phi) is 3.51. The van der Waals surface area contributed by atoms with Gasteiger partial charge < -0.3 is 10.3 Å². The minimum absolute atomic E-state index is 0.686. The van der Waals surface area contributed by atoms with E-state index in [1.54, 1.807) is 0 Å². The van der Waals surface area contributed by atoms with Gasteiger partial charge in [0.25, 0.3) is 0 Å². The van der Waals surface area contributed by atoms with Gasteiger partial charge in [0, 0.05) is 18.5 Å². The van der Waals surface area contributed by atoms with Crippen LogP contribution < -0.4 is 5.73 Å². The van der Waals surface area contributed by atoms with Crippen molar-refractivity contribution in [2.24, 2.45) is 5.92 Å². The van der Waals surface area contributed by atoms with Gasteiger partial charge in [0.1, 0.15) is 17.3 Å². The van der Waals surface area contributed by atoms with Gasteiger partial charge >= 0.3 is 0 Å². The topological polar surface area (TPSA) is 43.8 Å². The van der Waals surface area contributed by atoms with E-state index in [0.29, 0.717) is 5.92 Å². The molecule has 2 N–H and O–H groups in total. The molecule has 0 saturated heterocycles. The lowest BCUT2D eigenvalue weighted by Gasteiger charge is -2.14. The molecule has 2 aromatic rings. The number of nitrogen functional groups attached to an aromatic ring is 1. The van der Waals surface area contributed by atoms with Crippen molar-refractivity contribution in [1.82, 2.24) is 9.55 Å². The maximum Gasteiger partial charge on any atom is 0.131 e. The van der Waals surface area contributed by atoms with E-state index in [9.17, 15) is 0 Å². The van der Waals surface area contributed by atoms with Crippen molar-refractivity contribution in [3.63, 3.8) is 0 Å². The molecule has 0 atom stereocenters.